The first-order chi connectivity index (χ1) is 7.33. The van der Waals surface area contributed by atoms with Crippen LogP contribution in [0, 0.1) is 12.3 Å². The van der Waals surface area contributed by atoms with Crippen molar-refractivity contribution in [2.24, 2.45) is 0 Å². The van der Waals surface area contributed by atoms with Gasteiger partial charge >= 0.3 is 30.0 Å². The van der Waals surface area contributed by atoms with Gasteiger partial charge in [0.2, 0.25) is 0 Å². The van der Waals surface area contributed by atoms with Crippen LogP contribution in [-0.2, 0) is 25.8 Å². The number of hydrogen-bond donors (Lipinski definition) is 0. The summed E-state index contributed by atoms with van der Waals surface area (Å²) in [6.45, 7) is 3.16. The van der Waals surface area contributed by atoms with Crippen LogP contribution >= 0.6 is 13.6 Å². The molecule has 1 aliphatic rings. The van der Waals surface area contributed by atoms with Gasteiger partial charge in [-0.15, -0.1) is 6.08 Å². The molecule has 0 amide bonds. The molecule has 0 bridgehead atoms. The zero-order chi connectivity index (χ0) is 11.5. The van der Waals surface area contributed by atoms with Gasteiger partial charge in [-0.25, -0.2) is 0 Å². The molecule has 1 heterocycles. The Morgan fingerprint density at radius 3 is 2.93 bits per heavy atom. The number of hydrogen-bond acceptors (Lipinski definition) is 2. The molecule has 0 N–H and O–H groups in total. The Balaban J connectivity index is 0.000000921. The molecule has 80 valence electrons. The van der Waals surface area contributed by atoms with Gasteiger partial charge in [0.15, 0.2) is 6.29 Å². The molecule has 0 spiro atoms. The van der Waals surface area contributed by atoms with Crippen molar-refractivity contribution in [3.63, 3.8) is 0 Å². The Labute approximate surface area is 109 Å². The summed E-state index contributed by atoms with van der Waals surface area (Å²) < 4.78 is 10.8. The second-order valence-corrected chi connectivity index (χ2v) is 3.14. The number of ether oxygens (including phenoxy) is 2. The first kappa shape index (κ1) is 15.3. The fraction of sp³-hybridized carbons (Fsp3) is 0.636. The second-order valence-electron chi connectivity index (χ2n) is 3.14. The average molecular weight is 325 g/mol. The molecule has 1 atom stereocenters. The molecule has 1 aliphatic heterocycles. The molecular formula is C11H15BrO2Zn. The summed E-state index contributed by atoms with van der Waals surface area (Å²) in [5.41, 5.74) is 0.802. The van der Waals surface area contributed by atoms with E-state index in [0.717, 1.165) is 25.0 Å². The van der Waals surface area contributed by atoms with Crippen molar-refractivity contribution in [2.45, 2.75) is 32.5 Å². The van der Waals surface area contributed by atoms with Gasteiger partial charge in [-0.1, -0.05) is 6.92 Å². The van der Waals surface area contributed by atoms with E-state index in [1.807, 2.05) is 13.0 Å². The van der Waals surface area contributed by atoms with Crippen molar-refractivity contribution in [3.05, 3.63) is 18.1 Å². The molecule has 15 heavy (non-hydrogen) atoms. The summed E-state index contributed by atoms with van der Waals surface area (Å²) in [4.78, 5) is 0. The summed E-state index contributed by atoms with van der Waals surface area (Å²) >= 11 is 4.25. The quantitative estimate of drug-likeness (QED) is 0.451. The van der Waals surface area contributed by atoms with Gasteiger partial charge in [-0.05, 0) is 19.3 Å². The normalized spacial score (nSPS) is 21.3. The monoisotopic (exact) mass is 322 g/mol. The van der Waals surface area contributed by atoms with Crippen molar-refractivity contribution >= 4 is 13.6 Å². The third kappa shape index (κ3) is 8.16. The van der Waals surface area contributed by atoms with Crippen LogP contribution < -0.4 is 0 Å². The third-order valence-electron chi connectivity index (χ3n) is 2.01. The Kier molecular flexibility index (Phi) is 11.1. The van der Waals surface area contributed by atoms with Crippen LogP contribution in [0.3, 0.4) is 0 Å². The minimum atomic E-state index is -0.0384. The van der Waals surface area contributed by atoms with Gasteiger partial charge in [-0.3, -0.25) is 5.92 Å². The number of rotatable bonds is 3. The summed E-state index contributed by atoms with van der Waals surface area (Å²) in [6, 6.07) is 0. The van der Waals surface area contributed by atoms with Crippen LogP contribution in [0.5, 0.6) is 0 Å². The van der Waals surface area contributed by atoms with Gasteiger partial charge in [0.1, 0.15) is 0 Å². The van der Waals surface area contributed by atoms with E-state index in [1.165, 1.54) is 22.8 Å². The van der Waals surface area contributed by atoms with E-state index in [-0.39, 0.29) is 6.29 Å². The third-order valence-corrected chi connectivity index (χ3v) is 2.01. The average Bonchev–Trinajstić information content (AvgIpc) is 2.33. The summed E-state index contributed by atoms with van der Waals surface area (Å²) in [7, 11) is 0. The van der Waals surface area contributed by atoms with E-state index >= 15 is 0 Å². The van der Waals surface area contributed by atoms with Gasteiger partial charge in [0, 0.05) is 6.61 Å². The van der Waals surface area contributed by atoms with E-state index < -0.39 is 0 Å². The maximum absolute atomic E-state index is 6.83. The van der Waals surface area contributed by atoms with Crippen LogP contribution in [-0.4, -0.2) is 19.5 Å². The fourth-order valence-corrected chi connectivity index (χ4v) is 1.17. The molecule has 1 fully saturated rings. The van der Waals surface area contributed by atoms with Crippen LogP contribution in [0.1, 0.15) is 26.2 Å². The van der Waals surface area contributed by atoms with Crippen molar-refractivity contribution in [1.29, 1.82) is 0 Å². The van der Waals surface area contributed by atoms with E-state index in [9.17, 15) is 0 Å². The topological polar surface area (TPSA) is 18.5 Å². The van der Waals surface area contributed by atoms with E-state index in [0.29, 0.717) is 6.61 Å². The van der Waals surface area contributed by atoms with Crippen molar-refractivity contribution < 1.29 is 25.8 Å². The molecule has 0 radical (unpaired) electrons. The zero-order valence-electron chi connectivity index (χ0n) is 9.09. The maximum atomic E-state index is 6.83. The standard InChI is InChI=1S/C11H15O2.BrH.Zn/c1-3-10(2)7-9-13-11-6-4-5-8-12-11;;/h7,11H,4-6,8-9H2,2H3;1H;/q-1;;+2/p-1/b10-7+;;. The first-order valence-electron chi connectivity index (χ1n) is 4.92. The Morgan fingerprint density at radius 1 is 1.67 bits per heavy atom. The minimum absolute atomic E-state index is 0.0384. The zero-order valence-corrected chi connectivity index (χ0v) is 13.6. The predicted molar refractivity (Wildman–Crippen MR) is 59.4 cm³/mol. The van der Waals surface area contributed by atoms with Gasteiger partial charge in [0.05, 0.1) is 6.61 Å². The summed E-state index contributed by atoms with van der Waals surface area (Å²) in [5.74, 6) is 2.29. The molecule has 2 nitrogen and oxygen atoms in total. The van der Waals surface area contributed by atoms with Crippen molar-refractivity contribution in [3.8, 4) is 5.92 Å². The summed E-state index contributed by atoms with van der Waals surface area (Å²) in [6.07, 6.45) is 11.9. The first-order valence-corrected chi connectivity index (χ1v) is 11.9. The number of halogens is 1. The van der Waals surface area contributed by atoms with Gasteiger partial charge in [-0.2, -0.15) is 5.57 Å². The predicted octanol–water partition coefficient (Wildman–Crippen LogP) is 2.91. The molecule has 0 aromatic rings. The van der Waals surface area contributed by atoms with E-state index in [1.54, 1.807) is 0 Å². The molecule has 0 aliphatic carbocycles. The SMILES string of the molecule is [C-]#C/C(C)=C/COC1CCCCO1.[Zn+][Br]. The Morgan fingerprint density at radius 2 is 2.40 bits per heavy atom. The Hall–Kier alpha value is 0.323. The van der Waals surface area contributed by atoms with Crippen molar-refractivity contribution in [1.82, 2.24) is 0 Å². The molecule has 4 heteroatoms. The van der Waals surface area contributed by atoms with Crippen LogP contribution in [0.15, 0.2) is 11.6 Å². The summed E-state index contributed by atoms with van der Waals surface area (Å²) in [5, 5.41) is 0. The van der Waals surface area contributed by atoms with Crippen LogP contribution in [0.4, 0.5) is 0 Å². The molecule has 0 saturated carbocycles. The van der Waals surface area contributed by atoms with E-state index in [4.69, 9.17) is 15.9 Å². The van der Waals surface area contributed by atoms with Gasteiger partial charge < -0.3 is 15.9 Å². The fourth-order valence-electron chi connectivity index (χ4n) is 1.17. The number of allylic oxidation sites excluding steroid dienone is 1. The molecule has 1 rings (SSSR count). The van der Waals surface area contributed by atoms with Crippen LogP contribution in [0.2, 0.25) is 0 Å². The van der Waals surface area contributed by atoms with Gasteiger partial charge in [0.25, 0.3) is 0 Å². The molecule has 1 unspecified atom stereocenters. The van der Waals surface area contributed by atoms with E-state index in [2.05, 4.69) is 19.5 Å². The molecule has 0 aromatic heterocycles. The van der Waals surface area contributed by atoms with Crippen LogP contribution in [0.25, 0.3) is 0 Å². The molecule has 1 saturated heterocycles. The Bertz CT molecular complexity index is 217. The van der Waals surface area contributed by atoms with Crippen molar-refractivity contribution in [2.75, 3.05) is 13.2 Å². The second kappa shape index (κ2) is 10.8. The molecular weight excluding hydrogens is 309 g/mol. The molecule has 0 aromatic carbocycles.